The highest BCUT2D eigenvalue weighted by atomic mass is 35.5. The van der Waals surface area contributed by atoms with E-state index in [-0.39, 0.29) is 49.6 Å². The molecule has 1 aromatic carbocycles. The maximum atomic E-state index is 6.37. The van der Waals surface area contributed by atoms with E-state index in [2.05, 4.69) is 71.6 Å². The first-order valence-corrected chi connectivity index (χ1v) is 20.7. The molecule has 1 aliphatic carbocycles. The highest BCUT2D eigenvalue weighted by Crippen LogP contribution is 2.35. The Morgan fingerprint density at radius 1 is 0.694 bits per heavy atom. The van der Waals surface area contributed by atoms with Crippen LogP contribution in [-0.4, -0.2) is 133 Å². The number of benzene rings is 1. The summed E-state index contributed by atoms with van der Waals surface area (Å²) < 4.78 is 5.90. The minimum Gasteiger partial charge on any atom is -1.00 e. The van der Waals surface area contributed by atoms with Crippen LogP contribution < -0.4 is 57.1 Å². The summed E-state index contributed by atoms with van der Waals surface area (Å²) in [6.07, 6.45) is 12.5. The van der Waals surface area contributed by atoms with E-state index in [1.165, 1.54) is 29.7 Å². The van der Waals surface area contributed by atoms with Gasteiger partial charge in [0.25, 0.3) is 0 Å². The first kappa shape index (κ1) is 50.0. The lowest BCUT2D eigenvalue weighted by molar-refractivity contribution is -0.890. The van der Waals surface area contributed by atoms with Gasteiger partial charge in [0.15, 0.2) is 11.6 Å². The number of nitrogens with two attached hydrogens (primary N) is 3. The number of hydrogen-bond acceptors (Lipinski definition) is 10. The summed E-state index contributed by atoms with van der Waals surface area (Å²) in [5, 5.41) is 12.8. The van der Waals surface area contributed by atoms with Crippen molar-refractivity contribution in [1.82, 2.24) is 19.2 Å². The zero-order valence-electron chi connectivity index (χ0n) is 36.2. The second kappa shape index (κ2) is 21.1. The SMILES string of the molecule is C[N+]1(C)CCN(c2nn3ccccc3c2N)CC1.C[N+]1(C)CCN(c2nn3ccccc3c2N=C2C=C3CCCN=C3C=C2N)CC1.Cl.Cl.Nc1ccc2c(c1)NCCC2.[Cl-].[Cl-]. The maximum Gasteiger partial charge on any atom is 0.178 e. The zero-order chi connectivity index (χ0) is 40.4. The van der Waals surface area contributed by atoms with Gasteiger partial charge >= 0.3 is 0 Å². The zero-order valence-corrected chi connectivity index (χ0v) is 39.3. The van der Waals surface area contributed by atoms with E-state index in [0.717, 1.165) is 138 Å². The van der Waals surface area contributed by atoms with Gasteiger partial charge < -0.3 is 66.1 Å². The van der Waals surface area contributed by atoms with Gasteiger partial charge in [0.1, 0.15) is 11.4 Å². The fourth-order valence-electron chi connectivity index (χ4n) is 8.12. The Balaban J connectivity index is 0.000000220. The van der Waals surface area contributed by atoms with E-state index in [1.807, 2.05) is 70.0 Å². The third kappa shape index (κ3) is 11.3. The minimum atomic E-state index is 0. The number of quaternary nitrogens is 2. The summed E-state index contributed by atoms with van der Waals surface area (Å²) in [6.45, 7) is 10.4. The number of likely N-dealkylation sites (N-methyl/N-ethyl adjacent to an activating group) is 2. The molecular formula is C44H62Cl4N14. The van der Waals surface area contributed by atoms with E-state index in [9.17, 15) is 0 Å². The number of pyridine rings is 2. The van der Waals surface area contributed by atoms with E-state index >= 15 is 0 Å². The third-order valence-electron chi connectivity index (χ3n) is 12.0. The van der Waals surface area contributed by atoms with Crippen LogP contribution in [0.1, 0.15) is 24.8 Å². The minimum absolute atomic E-state index is 0. The van der Waals surface area contributed by atoms with Crippen LogP contribution in [0.15, 0.2) is 100 Å². The van der Waals surface area contributed by atoms with Crippen LogP contribution in [0, 0.1) is 0 Å². The Kier molecular flexibility index (Phi) is 17.0. The molecule has 62 heavy (non-hydrogen) atoms. The molecule has 2 fully saturated rings. The van der Waals surface area contributed by atoms with Gasteiger partial charge in [-0.3, -0.25) is 4.99 Å². The molecule has 14 nitrogen and oxygen atoms in total. The summed E-state index contributed by atoms with van der Waals surface area (Å²) in [6, 6.07) is 18.2. The monoisotopic (exact) mass is 926 g/mol. The number of nitrogen functional groups attached to an aromatic ring is 2. The molecule has 0 amide bonds. The van der Waals surface area contributed by atoms with Gasteiger partial charge in [-0.2, -0.15) is 0 Å². The predicted octanol–water partition coefficient (Wildman–Crippen LogP) is -0.388. The number of nitrogens with zero attached hydrogens (tertiary/aromatic N) is 10. The van der Waals surface area contributed by atoms with Crippen molar-refractivity contribution in [1.29, 1.82) is 0 Å². The summed E-state index contributed by atoms with van der Waals surface area (Å²) in [7, 11) is 9.10. The third-order valence-corrected chi connectivity index (χ3v) is 12.0. The van der Waals surface area contributed by atoms with Crippen LogP contribution in [-0.2, 0) is 6.42 Å². The van der Waals surface area contributed by atoms with Crippen molar-refractivity contribution in [2.75, 3.05) is 120 Å². The van der Waals surface area contributed by atoms with Crippen molar-refractivity contribution in [2.24, 2.45) is 15.7 Å². The fourth-order valence-corrected chi connectivity index (χ4v) is 8.12. The van der Waals surface area contributed by atoms with Crippen LogP contribution >= 0.6 is 24.8 Å². The Morgan fingerprint density at radius 3 is 1.94 bits per heavy atom. The molecule has 336 valence electrons. The Morgan fingerprint density at radius 2 is 1.29 bits per heavy atom. The average molecular weight is 929 g/mol. The number of aliphatic imine (C=N–C) groups is 2. The number of aromatic nitrogens is 4. The number of allylic oxidation sites excluding steroid dienone is 3. The maximum absolute atomic E-state index is 6.37. The summed E-state index contributed by atoms with van der Waals surface area (Å²) in [5.41, 5.74) is 29.1. The highest BCUT2D eigenvalue weighted by molar-refractivity contribution is 6.24. The first-order valence-electron chi connectivity index (χ1n) is 20.7. The molecule has 0 radical (unpaired) electrons. The number of fused-ring (bicyclic) bond motifs is 4. The molecule has 2 saturated heterocycles. The van der Waals surface area contributed by atoms with Crippen LogP contribution in [0.2, 0.25) is 0 Å². The molecule has 4 aromatic heterocycles. The van der Waals surface area contributed by atoms with E-state index in [1.54, 1.807) is 0 Å². The van der Waals surface area contributed by atoms with Gasteiger partial charge in [-0.25, -0.2) is 14.0 Å². The lowest BCUT2D eigenvalue weighted by Gasteiger charge is -2.39. The number of anilines is 5. The van der Waals surface area contributed by atoms with Crippen molar-refractivity contribution < 1.29 is 33.8 Å². The molecule has 18 heteroatoms. The number of piperazine rings is 2. The molecule has 0 bridgehead atoms. The molecule has 8 heterocycles. The molecule has 0 unspecified atom stereocenters. The molecule has 7 N–H and O–H groups in total. The standard InChI is InChI=1S/C22H28N7.C13H20N5.C9H12N2.4ClH/c1-29(2)12-10-27(11-13-29)22-21(20-7-3-4-9-28(20)26-22)25-19-14-16-6-5-8-24-18(16)15-17(19)23;1-18(2)9-7-16(8-10-18)13-12(14)11-5-3-4-6-17(11)15-13;10-8-4-3-7-2-1-5-11-9(7)6-8;;;;/h3-4,7,9,14-15H,5-6,8,10-13,23H2,1-2H3;3-6H,7-10,14H2,1-2H3;3-4,6,11H,1-2,5,10H2;4*1H/q2*+1;;;;;/p-2. The van der Waals surface area contributed by atoms with Crippen molar-refractivity contribution in [3.05, 3.63) is 96.0 Å². The molecule has 10 rings (SSSR count). The van der Waals surface area contributed by atoms with Crippen molar-refractivity contribution >= 4 is 81.7 Å². The smallest absolute Gasteiger partial charge is 0.178 e. The predicted molar refractivity (Wildman–Crippen MR) is 254 cm³/mol. The molecular weight excluding hydrogens is 866 g/mol. The first-order chi connectivity index (χ1) is 27.9. The highest BCUT2D eigenvalue weighted by Gasteiger charge is 2.30. The quantitative estimate of drug-likeness (QED) is 0.109. The topological polar surface area (TPSA) is 156 Å². The summed E-state index contributed by atoms with van der Waals surface area (Å²) in [5.74, 6) is 1.87. The molecule has 5 aromatic rings. The van der Waals surface area contributed by atoms with Gasteiger partial charge in [0, 0.05) is 36.9 Å². The van der Waals surface area contributed by atoms with Crippen LogP contribution in [0.4, 0.5) is 34.4 Å². The number of rotatable bonds is 3. The van der Waals surface area contributed by atoms with Gasteiger partial charge in [0.2, 0.25) is 0 Å². The van der Waals surface area contributed by atoms with E-state index in [4.69, 9.17) is 27.3 Å². The second-order valence-corrected chi connectivity index (χ2v) is 17.3. The number of halogens is 4. The number of hydrogen-bond donors (Lipinski definition) is 4. The van der Waals surface area contributed by atoms with Gasteiger partial charge in [-0.15, -0.1) is 35.0 Å². The number of nitrogens with one attached hydrogen (secondary N) is 1. The molecule has 0 saturated carbocycles. The number of aryl methyl sites for hydroxylation is 1. The van der Waals surface area contributed by atoms with Crippen LogP contribution in [0.3, 0.4) is 0 Å². The lowest BCUT2D eigenvalue weighted by Crippen LogP contribution is -3.00. The molecule has 0 atom stereocenters. The molecule has 0 spiro atoms. The lowest BCUT2D eigenvalue weighted by atomic mass is 9.94. The van der Waals surface area contributed by atoms with E-state index in [0.29, 0.717) is 5.70 Å². The molecule has 5 aliphatic rings. The van der Waals surface area contributed by atoms with Crippen molar-refractivity contribution in [3.63, 3.8) is 0 Å². The van der Waals surface area contributed by atoms with Gasteiger partial charge in [0.05, 0.1) is 109 Å². The van der Waals surface area contributed by atoms with E-state index < -0.39 is 0 Å². The van der Waals surface area contributed by atoms with Crippen molar-refractivity contribution in [2.45, 2.75) is 25.7 Å². The summed E-state index contributed by atoms with van der Waals surface area (Å²) in [4.78, 5) is 14.3. The van der Waals surface area contributed by atoms with Gasteiger partial charge in [-0.05, 0) is 85.4 Å². The molecule has 4 aliphatic heterocycles. The largest absolute Gasteiger partial charge is 1.00 e. The van der Waals surface area contributed by atoms with Crippen molar-refractivity contribution in [3.8, 4) is 0 Å². The van der Waals surface area contributed by atoms with Gasteiger partial charge in [-0.1, -0.05) is 18.2 Å². The average Bonchev–Trinajstić information content (AvgIpc) is 3.75. The second-order valence-electron chi connectivity index (χ2n) is 17.3. The fraction of sp³-hybridized carbons (Fsp3) is 0.409. The Bertz CT molecular complexity index is 2410. The summed E-state index contributed by atoms with van der Waals surface area (Å²) >= 11 is 0. The Hall–Kier alpha value is -4.70. The normalized spacial score (nSPS) is 19.0. The Labute approximate surface area is 390 Å². The van der Waals surface area contributed by atoms with Crippen LogP contribution in [0.25, 0.3) is 11.0 Å². The van der Waals surface area contributed by atoms with Crippen LogP contribution in [0.5, 0.6) is 0 Å².